The predicted molar refractivity (Wildman–Crippen MR) is 41.8 cm³/mol. The molecule has 1 unspecified atom stereocenters. The fraction of sp³-hybridized carbons (Fsp3) is 0.857. The minimum absolute atomic E-state index is 0.0447. The Labute approximate surface area is 62.2 Å². The maximum Gasteiger partial charge on any atom is 0.216 e. The summed E-state index contributed by atoms with van der Waals surface area (Å²) >= 11 is 0. The van der Waals surface area contributed by atoms with Crippen molar-refractivity contribution in [1.29, 1.82) is 0 Å². The molecule has 10 heavy (non-hydrogen) atoms. The highest BCUT2D eigenvalue weighted by atomic mass is 16.1. The van der Waals surface area contributed by atoms with E-state index < -0.39 is 0 Å². The minimum atomic E-state index is 0.0447. The van der Waals surface area contributed by atoms with Crippen molar-refractivity contribution in [1.82, 2.24) is 10.6 Å². The lowest BCUT2D eigenvalue weighted by molar-refractivity contribution is -0.118. The van der Waals surface area contributed by atoms with E-state index in [0.29, 0.717) is 6.04 Å². The van der Waals surface area contributed by atoms with Gasteiger partial charge in [-0.25, -0.2) is 0 Å². The number of carbonyl (C=O) groups excluding carboxylic acids is 1. The average Bonchev–Trinajstić information content (AvgIpc) is 1.87. The standard InChI is InChI=1S/C7H16N2O/c1-6(8-3)4-5-9-7(2)10/h6,8H,4-5H2,1-3H3,(H,9,10). The quantitative estimate of drug-likeness (QED) is 0.588. The van der Waals surface area contributed by atoms with Crippen molar-refractivity contribution < 1.29 is 4.79 Å². The zero-order valence-electron chi connectivity index (χ0n) is 6.90. The summed E-state index contributed by atoms with van der Waals surface area (Å²) in [5, 5.41) is 5.82. The lowest BCUT2D eigenvalue weighted by atomic mass is 10.2. The molecule has 0 spiro atoms. The van der Waals surface area contributed by atoms with E-state index in [0.717, 1.165) is 13.0 Å². The second-order valence-electron chi connectivity index (χ2n) is 2.46. The third-order valence-corrected chi connectivity index (χ3v) is 1.44. The number of nitrogens with one attached hydrogen (secondary N) is 2. The van der Waals surface area contributed by atoms with Crippen LogP contribution in [-0.4, -0.2) is 25.5 Å². The SMILES string of the molecule is CNC(C)CCNC(C)=O. The predicted octanol–water partition coefficient (Wildman–Crippen LogP) is 0.120. The highest BCUT2D eigenvalue weighted by Gasteiger charge is 1.96. The largest absolute Gasteiger partial charge is 0.356 e. The van der Waals surface area contributed by atoms with Gasteiger partial charge in [-0.05, 0) is 20.4 Å². The van der Waals surface area contributed by atoms with E-state index in [2.05, 4.69) is 17.6 Å². The molecule has 1 amide bonds. The molecule has 0 aromatic heterocycles. The normalized spacial score (nSPS) is 12.7. The van der Waals surface area contributed by atoms with Crippen molar-refractivity contribution in [3.63, 3.8) is 0 Å². The Morgan fingerprint density at radius 1 is 1.60 bits per heavy atom. The number of carbonyl (C=O) groups is 1. The molecule has 0 saturated heterocycles. The highest BCUT2D eigenvalue weighted by molar-refractivity contribution is 5.72. The fourth-order valence-electron chi connectivity index (χ4n) is 0.609. The molecule has 2 N–H and O–H groups in total. The molecule has 0 fully saturated rings. The molecule has 3 nitrogen and oxygen atoms in total. The van der Waals surface area contributed by atoms with E-state index >= 15 is 0 Å². The van der Waals surface area contributed by atoms with Crippen LogP contribution in [0, 0.1) is 0 Å². The molecule has 0 saturated carbocycles. The van der Waals surface area contributed by atoms with Gasteiger partial charge in [-0.3, -0.25) is 4.79 Å². The number of amides is 1. The third kappa shape index (κ3) is 5.56. The first kappa shape index (κ1) is 9.43. The molecular weight excluding hydrogens is 128 g/mol. The molecule has 0 aromatic rings. The molecule has 0 aromatic carbocycles. The summed E-state index contributed by atoms with van der Waals surface area (Å²) in [7, 11) is 1.92. The average molecular weight is 144 g/mol. The number of hydrogen-bond acceptors (Lipinski definition) is 2. The Bertz CT molecular complexity index is 104. The van der Waals surface area contributed by atoms with Crippen LogP contribution in [0.25, 0.3) is 0 Å². The molecular formula is C7H16N2O. The molecule has 0 heterocycles. The first-order chi connectivity index (χ1) is 4.66. The third-order valence-electron chi connectivity index (χ3n) is 1.44. The lowest BCUT2D eigenvalue weighted by Gasteiger charge is -2.08. The maximum atomic E-state index is 10.4. The van der Waals surface area contributed by atoms with Crippen molar-refractivity contribution >= 4 is 5.91 Å². The summed E-state index contributed by atoms with van der Waals surface area (Å²) < 4.78 is 0. The second kappa shape index (κ2) is 5.23. The van der Waals surface area contributed by atoms with E-state index in [1.807, 2.05) is 7.05 Å². The van der Waals surface area contributed by atoms with Gasteiger partial charge < -0.3 is 10.6 Å². The van der Waals surface area contributed by atoms with Crippen molar-refractivity contribution in [3.05, 3.63) is 0 Å². The van der Waals surface area contributed by atoms with Crippen LogP contribution >= 0.6 is 0 Å². The summed E-state index contributed by atoms with van der Waals surface area (Å²) in [5.74, 6) is 0.0447. The van der Waals surface area contributed by atoms with Crippen LogP contribution in [0.3, 0.4) is 0 Å². The van der Waals surface area contributed by atoms with Crippen LogP contribution in [-0.2, 0) is 4.79 Å². The van der Waals surface area contributed by atoms with Gasteiger partial charge in [-0.15, -0.1) is 0 Å². The van der Waals surface area contributed by atoms with E-state index in [1.54, 1.807) is 0 Å². The molecule has 0 aliphatic heterocycles. The Morgan fingerprint density at radius 3 is 2.60 bits per heavy atom. The van der Waals surface area contributed by atoms with Gasteiger partial charge in [0.15, 0.2) is 0 Å². The maximum absolute atomic E-state index is 10.4. The Hall–Kier alpha value is -0.570. The summed E-state index contributed by atoms with van der Waals surface area (Å²) in [6.45, 7) is 4.38. The van der Waals surface area contributed by atoms with Gasteiger partial charge in [0.2, 0.25) is 5.91 Å². The number of rotatable bonds is 4. The van der Waals surface area contributed by atoms with Gasteiger partial charge in [-0.2, -0.15) is 0 Å². The molecule has 60 valence electrons. The van der Waals surface area contributed by atoms with Crippen molar-refractivity contribution in [2.75, 3.05) is 13.6 Å². The van der Waals surface area contributed by atoms with Gasteiger partial charge in [0.05, 0.1) is 0 Å². The first-order valence-corrected chi connectivity index (χ1v) is 3.58. The zero-order chi connectivity index (χ0) is 7.98. The van der Waals surface area contributed by atoms with Crippen LogP contribution in [0.2, 0.25) is 0 Å². The smallest absolute Gasteiger partial charge is 0.216 e. The summed E-state index contributed by atoms with van der Waals surface area (Å²) in [6.07, 6.45) is 0.982. The minimum Gasteiger partial charge on any atom is -0.356 e. The molecule has 0 aliphatic carbocycles. The van der Waals surface area contributed by atoms with Gasteiger partial charge in [-0.1, -0.05) is 0 Å². The highest BCUT2D eigenvalue weighted by Crippen LogP contribution is 1.85. The molecule has 0 aliphatic rings. The van der Waals surface area contributed by atoms with Crippen LogP contribution in [0.1, 0.15) is 20.3 Å². The van der Waals surface area contributed by atoms with E-state index in [9.17, 15) is 4.79 Å². The van der Waals surface area contributed by atoms with Gasteiger partial charge in [0.1, 0.15) is 0 Å². The monoisotopic (exact) mass is 144 g/mol. The lowest BCUT2D eigenvalue weighted by Crippen LogP contribution is -2.29. The van der Waals surface area contributed by atoms with Crippen LogP contribution in [0.5, 0.6) is 0 Å². The van der Waals surface area contributed by atoms with Gasteiger partial charge in [0.25, 0.3) is 0 Å². The molecule has 1 atom stereocenters. The number of hydrogen-bond donors (Lipinski definition) is 2. The molecule has 3 heteroatoms. The van der Waals surface area contributed by atoms with Crippen molar-refractivity contribution in [2.24, 2.45) is 0 Å². The van der Waals surface area contributed by atoms with Gasteiger partial charge >= 0.3 is 0 Å². The summed E-state index contributed by atoms with van der Waals surface area (Å²) in [6, 6.07) is 0.479. The van der Waals surface area contributed by atoms with Crippen LogP contribution in [0.4, 0.5) is 0 Å². The first-order valence-electron chi connectivity index (χ1n) is 3.58. The topological polar surface area (TPSA) is 41.1 Å². The second-order valence-corrected chi connectivity index (χ2v) is 2.46. The molecule has 0 rings (SSSR count). The summed E-state index contributed by atoms with van der Waals surface area (Å²) in [5.41, 5.74) is 0. The van der Waals surface area contributed by atoms with Gasteiger partial charge in [0, 0.05) is 19.5 Å². The molecule has 0 radical (unpaired) electrons. The Balaban J connectivity index is 3.11. The fourth-order valence-corrected chi connectivity index (χ4v) is 0.609. The molecule has 0 bridgehead atoms. The van der Waals surface area contributed by atoms with Crippen molar-refractivity contribution in [2.45, 2.75) is 26.3 Å². The summed E-state index contributed by atoms with van der Waals surface area (Å²) in [4.78, 5) is 10.4. The van der Waals surface area contributed by atoms with Crippen molar-refractivity contribution in [3.8, 4) is 0 Å². The van der Waals surface area contributed by atoms with E-state index in [1.165, 1.54) is 6.92 Å². The van der Waals surface area contributed by atoms with E-state index in [-0.39, 0.29) is 5.91 Å². The van der Waals surface area contributed by atoms with Crippen LogP contribution in [0.15, 0.2) is 0 Å². The Morgan fingerprint density at radius 2 is 2.20 bits per heavy atom. The Kier molecular flexibility index (Phi) is 4.94. The van der Waals surface area contributed by atoms with E-state index in [4.69, 9.17) is 0 Å². The van der Waals surface area contributed by atoms with Crippen LogP contribution < -0.4 is 10.6 Å². The zero-order valence-corrected chi connectivity index (χ0v) is 6.90.